The minimum absolute atomic E-state index is 0.0753. The molecular weight excluding hydrogens is 349 g/mol. The van der Waals surface area contributed by atoms with Gasteiger partial charge in [0.2, 0.25) is 5.91 Å². The third-order valence-corrected chi connectivity index (χ3v) is 4.48. The van der Waals surface area contributed by atoms with Gasteiger partial charge in [0.05, 0.1) is 16.8 Å². The summed E-state index contributed by atoms with van der Waals surface area (Å²) in [7, 11) is 0. The van der Waals surface area contributed by atoms with Gasteiger partial charge < -0.3 is 5.32 Å². The molecule has 0 spiro atoms. The number of hydrogen-bond acceptors (Lipinski definition) is 3. The molecule has 1 N–H and O–H groups in total. The number of anilines is 1. The highest BCUT2D eigenvalue weighted by atomic mass is 32.2. The highest BCUT2D eigenvalue weighted by Gasteiger charge is 2.30. The maximum atomic E-state index is 12.7. The number of benzene rings is 2. The zero-order valence-corrected chi connectivity index (χ0v) is 13.7. The summed E-state index contributed by atoms with van der Waals surface area (Å²) in [6.07, 6.45) is -2.76. The average molecular weight is 362 g/mol. The van der Waals surface area contributed by atoms with E-state index in [0.717, 1.165) is 27.9 Å². The second-order valence-electron chi connectivity index (χ2n) is 5.25. The van der Waals surface area contributed by atoms with Gasteiger partial charge in [0.15, 0.2) is 0 Å². The molecule has 0 saturated heterocycles. The number of para-hydroxylation sites is 1. The number of fused-ring (bicyclic) bond motifs is 1. The number of carbonyl (C=O) groups excluding carboxylic acids is 1. The van der Waals surface area contributed by atoms with E-state index in [1.807, 2.05) is 30.3 Å². The molecule has 0 unspecified atom stereocenters. The first kappa shape index (κ1) is 17.3. The number of pyridine rings is 1. The number of thioether (sulfide) groups is 1. The van der Waals surface area contributed by atoms with Gasteiger partial charge in [-0.25, -0.2) is 0 Å². The van der Waals surface area contributed by atoms with Gasteiger partial charge >= 0.3 is 6.18 Å². The molecule has 2 aromatic carbocycles. The molecule has 3 nitrogen and oxygen atoms in total. The predicted octanol–water partition coefficient (Wildman–Crippen LogP) is 4.98. The summed E-state index contributed by atoms with van der Waals surface area (Å²) in [6.45, 7) is 0. The molecule has 0 atom stereocenters. The summed E-state index contributed by atoms with van der Waals surface area (Å²) in [5.74, 6) is -0.302. The molecule has 1 heterocycles. The van der Waals surface area contributed by atoms with E-state index < -0.39 is 11.7 Å². The van der Waals surface area contributed by atoms with Crippen LogP contribution in [0.2, 0.25) is 0 Å². The van der Waals surface area contributed by atoms with Gasteiger partial charge in [-0.3, -0.25) is 9.78 Å². The van der Waals surface area contributed by atoms with Crippen molar-refractivity contribution in [3.8, 4) is 0 Å². The van der Waals surface area contributed by atoms with E-state index in [9.17, 15) is 18.0 Å². The fourth-order valence-electron chi connectivity index (χ4n) is 2.31. The van der Waals surface area contributed by atoms with Crippen LogP contribution in [0.3, 0.4) is 0 Å². The molecule has 0 fully saturated rings. The van der Waals surface area contributed by atoms with Crippen LogP contribution >= 0.6 is 11.8 Å². The van der Waals surface area contributed by atoms with E-state index in [1.54, 1.807) is 6.20 Å². The van der Waals surface area contributed by atoms with Crippen LogP contribution in [0.1, 0.15) is 5.56 Å². The molecule has 0 aliphatic carbocycles. The largest absolute Gasteiger partial charge is 0.416 e. The average Bonchev–Trinajstić information content (AvgIpc) is 2.59. The van der Waals surface area contributed by atoms with Gasteiger partial charge in [-0.15, -0.1) is 11.8 Å². The molecule has 3 aromatic rings. The molecule has 0 aliphatic rings. The summed E-state index contributed by atoms with van der Waals surface area (Å²) in [4.78, 5) is 17.2. The second kappa shape index (κ2) is 7.14. The Balaban J connectivity index is 1.67. The van der Waals surface area contributed by atoms with Gasteiger partial charge in [-0.05, 0) is 30.3 Å². The number of rotatable bonds is 4. The van der Waals surface area contributed by atoms with Crippen molar-refractivity contribution >= 4 is 34.3 Å². The molecule has 25 heavy (non-hydrogen) atoms. The Labute approximate surface area is 146 Å². The number of hydrogen-bond donors (Lipinski definition) is 1. The Morgan fingerprint density at radius 3 is 2.64 bits per heavy atom. The Bertz CT molecular complexity index is 907. The molecule has 0 bridgehead atoms. The molecule has 0 radical (unpaired) electrons. The maximum absolute atomic E-state index is 12.7. The Morgan fingerprint density at radius 2 is 1.84 bits per heavy atom. The standard InChI is InChI=1S/C18H13F3N2OS/c19-18(20,21)13-6-2-7-14(10-13)23-16(24)11-25-15-8-1-4-12-5-3-9-22-17(12)15/h1-10H,11H2,(H,23,24). The van der Waals surface area contributed by atoms with Crippen LogP contribution < -0.4 is 5.32 Å². The van der Waals surface area contributed by atoms with E-state index in [0.29, 0.717) is 0 Å². The third kappa shape index (κ3) is 4.30. The van der Waals surface area contributed by atoms with Crippen molar-refractivity contribution in [2.24, 2.45) is 0 Å². The van der Waals surface area contributed by atoms with Crippen molar-refractivity contribution in [3.63, 3.8) is 0 Å². The number of nitrogens with one attached hydrogen (secondary N) is 1. The number of carbonyl (C=O) groups is 1. The van der Waals surface area contributed by atoms with Gasteiger partial charge in [0, 0.05) is 22.2 Å². The number of halogens is 3. The van der Waals surface area contributed by atoms with Crippen molar-refractivity contribution in [1.82, 2.24) is 4.98 Å². The minimum atomic E-state index is -4.44. The first-order valence-electron chi connectivity index (χ1n) is 7.37. The summed E-state index contributed by atoms with van der Waals surface area (Å²) < 4.78 is 38.1. The van der Waals surface area contributed by atoms with Crippen LogP contribution in [0, 0.1) is 0 Å². The van der Waals surface area contributed by atoms with Gasteiger partial charge in [0.25, 0.3) is 0 Å². The van der Waals surface area contributed by atoms with Crippen LogP contribution in [0.4, 0.5) is 18.9 Å². The van der Waals surface area contributed by atoms with Crippen molar-refractivity contribution in [3.05, 3.63) is 66.4 Å². The van der Waals surface area contributed by atoms with E-state index in [2.05, 4.69) is 10.3 Å². The molecule has 1 amide bonds. The maximum Gasteiger partial charge on any atom is 0.416 e. The van der Waals surface area contributed by atoms with Crippen molar-refractivity contribution in [2.75, 3.05) is 11.1 Å². The lowest BCUT2D eigenvalue weighted by Gasteiger charge is -2.10. The van der Waals surface area contributed by atoms with Crippen LogP contribution in [0.15, 0.2) is 65.7 Å². The van der Waals surface area contributed by atoms with Crippen LogP contribution in [0.25, 0.3) is 10.9 Å². The van der Waals surface area contributed by atoms with Gasteiger partial charge in [-0.1, -0.05) is 24.3 Å². The van der Waals surface area contributed by atoms with E-state index >= 15 is 0 Å². The smallest absolute Gasteiger partial charge is 0.325 e. The number of alkyl halides is 3. The summed E-state index contributed by atoms with van der Waals surface area (Å²) in [5.41, 5.74) is 0.120. The Morgan fingerprint density at radius 1 is 1.08 bits per heavy atom. The van der Waals surface area contributed by atoms with Crippen molar-refractivity contribution in [1.29, 1.82) is 0 Å². The van der Waals surface area contributed by atoms with E-state index in [4.69, 9.17) is 0 Å². The molecule has 0 saturated carbocycles. The van der Waals surface area contributed by atoms with Crippen molar-refractivity contribution < 1.29 is 18.0 Å². The fourth-order valence-corrected chi connectivity index (χ4v) is 3.15. The predicted molar refractivity (Wildman–Crippen MR) is 92.5 cm³/mol. The zero-order chi connectivity index (χ0) is 17.9. The normalized spacial score (nSPS) is 11.5. The van der Waals surface area contributed by atoms with Crippen LogP contribution in [-0.2, 0) is 11.0 Å². The molecule has 1 aromatic heterocycles. The number of nitrogens with zero attached hydrogens (tertiary/aromatic N) is 1. The lowest BCUT2D eigenvalue weighted by Crippen LogP contribution is -2.15. The van der Waals surface area contributed by atoms with Crippen LogP contribution in [0.5, 0.6) is 0 Å². The van der Waals surface area contributed by atoms with Crippen molar-refractivity contribution in [2.45, 2.75) is 11.1 Å². The third-order valence-electron chi connectivity index (χ3n) is 3.43. The molecule has 3 rings (SSSR count). The lowest BCUT2D eigenvalue weighted by atomic mass is 10.2. The first-order chi connectivity index (χ1) is 11.9. The quantitative estimate of drug-likeness (QED) is 0.665. The number of aromatic nitrogens is 1. The highest BCUT2D eigenvalue weighted by molar-refractivity contribution is 8.00. The minimum Gasteiger partial charge on any atom is -0.325 e. The summed E-state index contributed by atoms with van der Waals surface area (Å²) in [5, 5.41) is 3.46. The summed E-state index contributed by atoms with van der Waals surface area (Å²) >= 11 is 1.29. The first-order valence-corrected chi connectivity index (χ1v) is 8.36. The van der Waals surface area contributed by atoms with E-state index in [-0.39, 0.29) is 17.3 Å². The zero-order valence-electron chi connectivity index (χ0n) is 12.9. The fraction of sp³-hybridized carbons (Fsp3) is 0.111. The lowest BCUT2D eigenvalue weighted by molar-refractivity contribution is -0.137. The van der Waals surface area contributed by atoms with Gasteiger partial charge in [0.1, 0.15) is 0 Å². The second-order valence-corrected chi connectivity index (χ2v) is 6.26. The molecule has 7 heteroatoms. The topological polar surface area (TPSA) is 42.0 Å². The number of amides is 1. The monoisotopic (exact) mass is 362 g/mol. The van der Waals surface area contributed by atoms with Crippen LogP contribution in [-0.4, -0.2) is 16.6 Å². The Hall–Kier alpha value is -2.54. The summed E-state index contributed by atoms with van der Waals surface area (Å²) in [6, 6.07) is 14.0. The van der Waals surface area contributed by atoms with Gasteiger partial charge in [-0.2, -0.15) is 13.2 Å². The molecule has 128 valence electrons. The molecular formula is C18H13F3N2OS. The molecule has 0 aliphatic heterocycles. The SMILES string of the molecule is O=C(CSc1cccc2cccnc12)Nc1cccc(C(F)(F)F)c1. The Kier molecular flexibility index (Phi) is 4.94. The highest BCUT2D eigenvalue weighted by Crippen LogP contribution is 2.31. The van der Waals surface area contributed by atoms with E-state index in [1.165, 1.54) is 23.9 Å².